The molecule has 1 aliphatic rings. The molecule has 0 bridgehead atoms. The highest BCUT2D eigenvalue weighted by molar-refractivity contribution is 7.11. The van der Waals surface area contributed by atoms with E-state index in [0.29, 0.717) is 6.54 Å². The van der Waals surface area contributed by atoms with Gasteiger partial charge in [0.25, 0.3) is 0 Å². The molecule has 1 saturated heterocycles. The zero-order valence-corrected chi connectivity index (χ0v) is 10.9. The predicted octanol–water partition coefficient (Wildman–Crippen LogP) is 2.06. The quantitative estimate of drug-likeness (QED) is 0.879. The first-order valence-corrected chi connectivity index (χ1v) is 6.68. The summed E-state index contributed by atoms with van der Waals surface area (Å²) in [6.45, 7) is 6.58. The molecule has 16 heavy (non-hydrogen) atoms. The highest BCUT2D eigenvalue weighted by Crippen LogP contribution is 2.33. The number of hydrogen-bond donors (Lipinski definition) is 1. The Bertz CT molecular complexity index is 336. The zero-order chi connectivity index (χ0) is 11.6. The van der Waals surface area contributed by atoms with Gasteiger partial charge < -0.3 is 10.5 Å². The van der Waals surface area contributed by atoms with E-state index in [1.165, 1.54) is 16.3 Å². The number of nitrogens with zero attached hydrogens (tertiary/aromatic N) is 1. The largest absolute Gasteiger partial charge is 0.381 e. The Labute approximate surface area is 101 Å². The van der Waals surface area contributed by atoms with Crippen LogP contribution in [0.15, 0.2) is 0 Å². The summed E-state index contributed by atoms with van der Waals surface area (Å²) in [5, 5.41) is 1.21. The molecule has 1 aromatic rings. The second-order valence-electron chi connectivity index (χ2n) is 4.79. The normalized spacial score (nSPS) is 25.9. The lowest BCUT2D eigenvalue weighted by molar-refractivity contribution is -0.00266. The first-order valence-electron chi connectivity index (χ1n) is 5.86. The SMILES string of the molecule is Cc1nc(CC2(CN)CCCOC2)sc1C. The molecule has 2 rings (SSSR count). The molecule has 1 aromatic heterocycles. The van der Waals surface area contributed by atoms with Crippen molar-refractivity contribution >= 4 is 11.3 Å². The van der Waals surface area contributed by atoms with Crippen LogP contribution in [0.1, 0.15) is 28.4 Å². The first-order chi connectivity index (χ1) is 7.65. The van der Waals surface area contributed by atoms with E-state index in [0.717, 1.165) is 31.7 Å². The standard InChI is InChI=1S/C12H20N2OS/c1-9-10(2)16-11(14-9)6-12(7-13)4-3-5-15-8-12/h3-8,13H2,1-2H3. The lowest BCUT2D eigenvalue weighted by Crippen LogP contribution is -2.40. The lowest BCUT2D eigenvalue weighted by atomic mass is 9.80. The molecule has 1 atom stereocenters. The van der Waals surface area contributed by atoms with Crippen molar-refractivity contribution in [1.82, 2.24) is 4.98 Å². The van der Waals surface area contributed by atoms with E-state index in [2.05, 4.69) is 18.8 Å². The molecular formula is C12H20N2OS. The summed E-state index contributed by atoms with van der Waals surface area (Å²) in [6.07, 6.45) is 3.27. The van der Waals surface area contributed by atoms with E-state index in [1.54, 1.807) is 11.3 Å². The number of aromatic nitrogens is 1. The molecule has 90 valence electrons. The summed E-state index contributed by atoms with van der Waals surface area (Å²) in [5.74, 6) is 0. The number of rotatable bonds is 3. The topological polar surface area (TPSA) is 48.1 Å². The molecule has 3 nitrogen and oxygen atoms in total. The monoisotopic (exact) mass is 240 g/mol. The molecule has 0 saturated carbocycles. The van der Waals surface area contributed by atoms with Crippen molar-refractivity contribution in [3.8, 4) is 0 Å². The van der Waals surface area contributed by atoms with Gasteiger partial charge in [-0.25, -0.2) is 4.98 Å². The van der Waals surface area contributed by atoms with Crippen LogP contribution in [-0.4, -0.2) is 24.7 Å². The lowest BCUT2D eigenvalue weighted by Gasteiger charge is -2.35. The maximum atomic E-state index is 5.93. The van der Waals surface area contributed by atoms with E-state index in [-0.39, 0.29) is 5.41 Å². The van der Waals surface area contributed by atoms with E-state index in [1.807, 2.05) is 0 Å². The molecule has 2 heterocycles. The number of ether oxygens (including phenoxy) is 1. The average Bonchev–Trinajstić information content (AvgIpc) is 2.59. The highest BCUT2D eigenvalue weighted by Gasteiger charge is 2.32. The van der Waals surface area contributed by atoms with Crippen molar-refractivity contribution in [3.05, 3.63) is 15.6 Å². The fraction of sp³-hybridized carbons (Fsp3) is 0.750. The van der Waals surface area contributed by atoms with Gasteiger partial charge in [-0.05, 0) is 26.7 Å². The summed E-state index contributed by atoms with van der Waals surface area (Å²) < 4.78 is 5.58. The van der Waals surface area contributed by atoms with Crippen molar-refractivity contribution in [2.45, 2.75) is 33.1 Å². The minimum Gasteiger partial charge on any atom is -0.381 e. The van der Waals surface area contributed by atoms with E-state index in [9.17, 15) is 0 Å². The maximum absolute atomic E-state index is 5.93. The molecule has 0 aromatic carbocycles. The van der Waals surface area contributed by atoms with Crippen LogP contribution in [0.2, 0.25) is 0 Å². The summed E-state index contributed by atoms with van der Waals surface area (Å²) in [7, 11) is 0. The fourth-order valence-corrected chi connectivity index (χ4v) is 3.33. The molecule has 0 aliphatic carbocycles. The van der Waals surface area contributed by atoms with Crippen molar-refractivity contribution in [2.24, 2.45) is 11.1 Å². The second-order valence-corrected chi connectivity index (χ2v) is 6.07. The van der Waals surface area contributed by atoms with Crippen LogP contribution in [0.3, 0.4) is 0 Å². The molecule has 1 fully saturated rings. The van der Waals surface area contributed by atoms with Crippen molar-refractivity contribution in [2.75, 3.05) is 19.8 Å². The number of aryl methyl sites for hydroxylation is 2. The number of nitrogens with two attached hydrogens (primary N) is 1. The fourth-order valence-electron chi connectivity index (χ4n) is 2.22. The smallest absolute Gasteiger partial charge is 0.0937 e. The number of hydrogen-bond acceptors (Lipinski definition) is 4. The van der Waals surface area contributed by atoms with Crippen LogP contribution < -0.4 is 5.73 Å². The Morgan fingerprint density at radius 2 is 2.31 bits per heavy atom. The first kappa shape index (κ1) is 12.0. The van der Waals surface area contributed by atoms with Gasteiger partial charge in [-0.15, -0.1) is 11.3 Å². The van der Waals surface area contributed by atoms with Crippen LogP contribution in [0.25, 0.3) is 0 Å². The van der Waals surface area contributed by atoms with Gasteiger partial charge in [-0.2, -0.15) is 0 Å². The molecule has 2 N–H and O–H groups in total. The Kier molecular flexibility index (Phi) is 3.62. The van der Waals surface area contributed by atoms with Gasteiger partial charge in [0, 0.05) is 29.9 Å². The third kappa shape index (κ3) is 2.44. The van der Waals surface area contributed by atoms with Crippen LogP contribution in [0, 0.1) is 19.3 Å². The summed E-state index contributed by atoms with van der Waals surface area (Å²) in [4.78, 5) is 5.92. The maximum Gasteiger partial charge on any atom is 0.0937 e. The van der Waals surface area contributed by atoms with Gasteiger partial charge in [0.15, 0.2) is 0 Å². The minimum atomic E-state index is 0.134. The Morgan fingerprint density at radius 3 is 2.81 bits per heavy atom. The Hall–Kier alpha value is -0.450. The summed E-state index contributed by atoms with van der Waals surface area (Å²) >= 11 is 1.80. The second kappa shape index (κ2) is 4.82. The van der Waals surface area contributed by atoms with Crippen LogP contribution in [0.5, 0.6) is 0 Å². The van der Waals surface area contributed by atoms with E-state index >= 15 is 0 Å². The van der Waals surface area contributed by atoms with Gasteiger partial charge in [0.05, 0.1) is 17.3 Å². The molecule has 0 spiro atoms. The van der Waals surface area contributed by atoms with Gasteiger partial charge in [-0.1, -0.05) is 0 Å². The van der Waals surface area contributed by atoms with E-state index < -0.39 is 0 Å². The van der Waals surface area contributed by atoms with Crippen molar-refractivity contribution < 1.29 is 4.74 Å². The summed E-state index contributed by atoms with van der Waals surface area (Å²) in [5.41, 5.74) is 7.22. The van der Waals surface area contributed by atoms with Crippen LogP contribution in [-0.2, 0) is 11.2 Å². The van der Waals surface area contributed by atoms with Gasteiger partial charge >= 0.3 is 0 Å². The molecule has 1 unspecified atom stereocenters. The molecule has 0 amide bonds. The van der Waals surface area contributed by atoms with Gasteiger partial charge in [-0.3, -0.25) is 0 Å². The van der Waals surface area contributed by atoms with Crippen molar-refractivity contribution in [1.29, 1.82) is 0 Å². The average molecular weight is 240 g/mol. The third-order valence-electron chi connectivity index (χ3n) is 3.44. The predicted molar refractivity (Wildman–Crippen MR) is 66.8 cm³/mol. The Balaban J connectivity index is 2.11. The molecule has 4 heteroatoms. The molecular weight excluding hydrogens is 220 g/mol. The minimum absolute atomic E-state index is 0.134. The third-order valence-corrected chi connectivity index (χ3v) is 4.51. The number of thiazole rings is 1. The molecule has 0 radical (unpaired) electrons. The van der Waals surface area contributed by atoms with Crippen molar-refractivity contribution in [3.63, 3.8) is 0 Å². The van der Waals surface area contributed by atoms with E-state index in [4.69, 9.17) is 10.5 Å². The van der Waals surface area contributed by atoms with Gasteiger partial charge in [0.1, 0.15) is 0 Å². The molecule has 1 aliphatic heterocycles. The summed E-state index contributed by atoms with van der Waals surface area (Å²) in [6, 6.07) is 0. The van der Waals surface area contributed by atoms with Crippen LogP contribution in [0.4, 0.5) is 0 Å². The highest BCUT2D eigenvalue weighted by atomic mass is 32.1. The zero-order valence-electron chi connectivity index (χ0n) is 10.1. The van der Waals surface area contributed by atoms with Gasteiger partial charge in [0.2, 0.25) is 0 Å². The Morgan fingerprint density at radius 1 is 1.50 bits per heavy atom. The van der Waals surface area contributed by atoms with Crippen LogP contribution >= 0.6 is 11.3 Å².